The summed E-state index contributed by atoms with van der Waals surface area (Å²) in [4.78, 5) is 4.06. The predicted octanol–water partition coefficient (Wildman–Crippen LogP) is 3.93. The molecule has 3 nitrogen and oxygen atoms in total. The molecular weight excluding hydrogens is 356 g/mol. The Labute approximate surface area is 125 Å². The lowest BCUT2D eigenvalue weighted by atomic mass is 10.0. The average Bonchev–Trinajstić information content (AvgIpc) is 2.39. The molecule has 0 bridgehead atoms. The number of benzene rings is 1. The van der Waals surface area contributed by atoms with Crippen molar-refractivity contribution in [3.8, 4) is 5.75 Å². The Bertz CT molecular complexity index is 648. The van der Waals surface area contributed by atoms with Gasteiger partial charge in [0.15, 0.2) is 11.6 Å². The Kier molecular flexibility index (Phi) is 4.48. The molecule has 0 fully saturated rings. The fourth-order valence-electron chi connectivity index (χ4n) is 1.70. The van der Waals surface area contributed by atoms with Crippen LogP contribution >= 0.6 is 15.9 Å². The van der Waals surface area contributed by atoms with E-state index in [1.165, 1.54) is 12.3 Å². The van der Waals surface area contributed by atoms with Gasteiger partial charge in [0, 0.05) is 10.7 Å². The summed E-state index contributed by atoms with van der Waals surface area (Å²) in [5.41, 5.74) is 6.67. The van der Waals surface area contributed by atoms with Gasteiger partial charge in [-0.05, 0) is 45.8 Å². The van der Waals surface area contributed by atoms with Gasteiger partial charge in [0.25, 0.3) is 0 Å². The molecule has 0 spiro atoms. The summed E-state index contributed by atoms with van der Waals surface area (Å²) >= 11 is 3.26. The molecule has 2 aromatic rings. The minimum absolute atomic E-state index is 0.279. The molecule has 8 heteroatoms. The molecule has 2 N–H and O–H groups in total. The third kappa shape index (κ3) is 3.92. The Morgan fingerprint density at radius 3 is 2.52 bits per heavy atom. The molecule has 0 radical (unpaired) electrons. The maximum Gasteiger partial charge on any atom is 0.573 e. The molecule has 1 atom stereocenters. The van der Waals surface area contributed by atoms with Gasteiger partial charge in [-0.25, -0.2) is 4.39 Å². The third-order valence-electron chi connectivity index (χ3n) is 2.62. The molecule has 0 saturated heterocycles. The first-order valence-electron chi connectivity index (χ1n) is 5.69. The number of hydrogen-bond donors (Lipinski definition) is 1. The molecule has 1 heterocycles. The van der Waals surface area contributed by atoms with Gasteiger partial charge in [-0.2, -0.15) is 0 Å². The molecule has 1 unspecified atom stereocenters. The van der Waals surface area contributed by atoms with Crippen LogP contribution in [0.15, 0.2) is 41.0 Å². The normalized spacial score (nSPS) is 13.0. The van der Waals surface area contributed by atoms with Crippen LogP contribution in [0.25, 0.3) is 0 Å². The van der Waals surface area contributed by atoms with E-state index in [1.807, 2.05) is 0 Å². The number of hydrogen-bond acceptors (Lipinski definition) is 3. The third-order valence-corrected chi connectivity index (χ3v) is 3.29. The number of aromatic nitrogens is 1. The van der Waals surface area contributed by atoms with E-state index >= 15 is 0 Å². The van der Waals surface area contributed by atoms with E-state index in [0.29, 0.717) is 10.2 Å². The second-order valence-corrected chi connectivity index (χ2v) is 4.94. The van der Waals surface area contributed by atoms with E-state index in [0.717, 1.165) is 12.1 Å². The van der Waals surface area contributed by atoms with Gasteiger partial charge in [0.1, 0.15) is 0 Å². The second-order valence-electron chi connectivity index (χ2n) is 4.09. The van der Waals surface area contributed by atoms with Gasteiger partial charge >= 0.3 is 6.36 Å². The lowest BCUT2D eigenvalue weighted by Crippen LogP contribution is -2.19. The van der Waals surface area contributed by atoms with E-state index in [9.17, 15) is 17.6 Å². The van der Waals surface area contributed by atoms with Crippen molar-refractivity contribution >= 4 is 15.9 Å². The molecule has 21 heavy (non-hydrogen) atoms. The Balaban J connectivity index is 2.30. The number of pyridine rings is 1. The van der Waals surface area contributed by atoms with Gasteiger partial charge in [0.05, 0.1) is 11.7 Å². The number of alkyl halides is 3. The summed E-state index contributed by atoms with van der Waals surface area (Å²) in [7, 11) is 0. The maximum absolute atomic E-state index is 13.6. The monoisotopic (exact) mass is 364 g/mol. The van der Waals surface area contributed by atoms with Crippen molar-refractivity contribution in [2.45, 2.75) is 12.4 Å². The molecule has 112 valence electrons. The first-order chi connectivity index (χ1) is 9.78. The van der Waals surface area contributed by atoms with Gasteiger partial charge < -0.3 is 10.5 Å². The molecule has 1 aromatic heterocycles. The van der Waals surface area contributed by atoms with Gasteiger partial charge in [-0.1, -0.05) is 6.07 Å². The SMILES string of the molecule is NC(c1ccc(OC(F)(F)F)c(F)c1)c1ncccc1Br. The van der Waals surface area contributed by atoms with Crippen LogP contribution in [0.3, 0.4) is 0 Å². The van der Waals surface area contributed by atoms with Gasteiger partial charge in [-0.15, -0.1) is 13.2 Å². The van der Waals surface area contributed by atoms with Crippen LogP contribution in [0.1, 0.15) is 17.3 Å². The van der Waals surface area contributed by atoms with Crippen LogP contribution in [-0.4, -0.2) is 11.3 Å². The Hall–Kier alpha value is -1.67. The zero-order valence-electron chi connectivity index (χ0n) is 10.4. The first-order valence-corrected chi connectivity index (χ1v) is 6.48. The van der Waals surface area contributed by atoms with Crippen LogP contribution < -0.4 is 10.5 Å². The minimum atomic E-state index is -4.95. The van der Waals surface area contributed by atoms with Crippen molar-refractivity contribution in [1.82, 2.24) is 4.98 Å². The van der Waals surface area contributed by atoms with Crippen LogP contribution in [0.2, 0.25) is 0 Å². The van der Waals surface area contributed by atoms with Crippen molar-refractivity contribution in [3.63, 3.8) is 0 Å². The van der Waals surface area contributed by atoms with Crippen molar-refractivity contribution < 1.29 is 22.3 Å². The van der Waals surface area contributed by atoms with Gasteiger partial charge in [0.2, 0.25) is 0 Å². The van der Waals surface area contributed by atoms with E-state index in [2.05, 4.69) is 25.7 Å². The summed E-state index contributed by atoms with van der Waals surface area (Å²) in [6.07, 6.45) is -3.44. The first kappa shape index (κ1) is 15.7. The number of rotatable bonds is 3. The quantitative estimate of drug-likeness (QED) is 0.839. The topological polar surface area (TPSA) is 48.1 Å². The number of nitrogens with zero attached hydrogens (tertiary/aromatic N) is 1. The summed E-state index contributed by atoms with van der Waals surface area (Å²) in [5.74, 6) is -2.05. The molecule has 1 aromatic carbocycles. The zero-order valence-corrected chi connectivity index (χ0v) is 12.0. The second kappa shape index (κ2) is 5.98. The van der Waals surface area contributed by atoms with Crippen molar-refractivity contribution in [3.05, 3.63) is 58.1 Å². The summed E-state index contributed by atoms with van der Waals surface area (Å²) in [6.45, 7) is 0. The lowest BCUT2D eigenvalue weighted by molar-refractivity contribution is -0.275. The Morgan fingerprint density at radius 1 is 1.24 bits per heavy atom. The van der Waals surface area contributed by atoms with Crippen molar-refractivity contribution in [1.29, 1.82) is 0 Å². The average molecular weight is 365 g/mol. The van der Waals surface area contributed by atoms with Gasteiger partial charge in [-0.3, -0.25) is 4.98 Å². The predicted molar refractivity (Wildman–Crippen MR) is 71.1 cm³/mol. The summed E-state index contributed by atoms with van der Waals surface area (Å²) in [5, 5.41) is 0. The van der Waals surface area contributed by atoms with E-state index < -0.39 is 24.0 Å². The fourth-order valence-corrected chi connectivity index (χ4v) is 2.20. The molecule has 0 aliphatic rings. The number of ether oxygens (including phenoxy) is 1. The van der Waals surface area contributed by atoms with Crippen molar-refractivity contribution in [2.75, 3.05) is 0 Å². The van der Waals surface area contributed by atoms with E-state index in [-0.39, 0.29) is 5.56 Å². The highest BCUT2D eigenvalue weighted by molar-refractivity contribution is 9.10. The standard InChI is InChI=1S/C13H9BrF4N2O/c14-8-2-1-5-20-12(8)11(19)7-3-4-10(9(15)6-7)21-13(16,17)18/h1-6,11H,19H2. The lowest BCUT2D eigenvalue weighted by Gasteiger charge is -2.15. The molecule has 0 amide bonds. The summed E-state index contributed by atoms with van der Waals surface area (Å²) in [6, 6.07) is 5.65. The highest BCUT2D eigenvalue weighted by atomic mass is 79.9. The van der Waals surface area contributed by atoms with E-state index in [4.69, 9.17) is 5.73 Å². The molecule has 0 aliphatic carbocycles. The van der Waals surface area contributed by atoms with E-state index in [1.54, 1.807) is 12.1 Å². The smallest absolute Gasteiger partial charge is 0.403 e. The van der Waals surface area contributed by atoms with Crippen LogP contribution in [0, 0.1) is 5.82 Å². The number of halogens is 5. The highest BCUT2D eigenvalue weighted by Gasteiger charge is 2.32. The molecule has 2 rings (SSSR count). The Morgan fingerprint density at radius 2 is 1.95 bits per heavy atom. The van der Waals surface area contributed by atoms with Crippen molar-refractivity contribution in [2.24, 2.45) is 5.73 Å². The van der Waals surface area contributed by atoms with Crippen LogP contribution in [0.4, 0.5) is 17.6 Å². The fraction of sp³-hybridized carbons (Fsp3) is 0.154. The largest absolute Gasteiger partial charge is 0.573 e. The minimum Gasteiger partial charge on any atom is -0.403 e. The van der Waals surface area contributed by atoms with Crippen LogP contribution in [0.5, 0.6) is 5.75 Å². The zero-order chi connectivity index (χ0) is 15.6. The highest BCUT2D eigenvalue weighted by Crippen LogP contribution is 2.30. The number of nitrogens with two attached hydrogens (primary N) is 1. The molecular formula is C13H9BrF4N2O. The summed E-state index contributed by atoms with van der Waals surface area (Å²) < 4.78 is 54.0. The maximum atomic E-state index is 13.6. The molecule has 0 aliphatic heterocycles. The molecule has 0 saturated carbocycles. The van der Waals surface area contributed by atoms with Crippen LogP contribution in [-0.2, 0) is 0 Å².